The number of aromatic nitrogens is 1. The van der Waals surface area contributed by atoms with Crippen molar-refractivity contribution in [3.05, 3.63) is 64.3 Å². The van der Waals surface area contributed by atoms with E-state index in [2.05, 4.69) is 57.1 Å². The fraction of sp³-hybridized carbons (Fsp3) is 0.364. The van der Waals surface area contributed by atoms with Crippen LogP contribution in [0.1, 0.15) is 47.6 Å². The Morgan fingerprint density at radius 2 is 1.81 bits per heavy atom. The molecule has 2 N–H and O–H groups in total. The Balaban J connectivity index is 1.88. The molecule has 0 saturated heterocycles. The Morgan fingerprint density at radius 3 is 2.41 bits per heavy atom. The predicted octanol–water partition coefficient (Wildman–Crippen LogP) is 5.74. The summed E-state index contributed by atoms with van der Waals surface area (Å²) in [6.45, 7) is 9.86. The Bertz CT molecular complexity index is 991. The molecular weight excluding hydrogens is 357 g/mol. The third-order valence-corrected chi connectivity index (χ3v) is 5.53. The molecule has 5 heteroatoms. The van der Waals surface area contributed by atoms with Crippen molar-refractivity contribution >= 4 is 18.3 Å². The van der Waals surface area contributed by atoms with Crippen LogP contribution < -0.4 is 4.74 Å². The molecule has 0 aliphatic heterocycles. The van der Waals surface area contributed by atoms with E-state index in [4.69, 9.17) is 4.74 Å². The van der Waals surface area contributed by atoms with E-state index in [0.717, 1.165) is 17.5 Å². The molecule has 3 aromatic rings. The third kappa shape index (κ3) is 4.63. The van der Waals surface area contributed by atoms with Gasteiger partial charge in [-0.25, -0.2) is 0 Å². The second-order valence-electron chi connectivity index (χ2n) is 7.82. The number of benzene rings is 2. The van der Waals surface area contributed by atoms with Crippen molar-refractivity contribution in [1.29, 1.82) is 0 Å². The molecule has 4 nitrogen and oxygen atoms in total. The minimum atomic E-state index is -3.18. The highest BCUT2D eigenvalue weighted by atomic mass is 31.2. The molecule has 0 aliphatic carbocycles. The molecule has 0 saturated carbocycles. The Morgan fingerprint density at radius 1 is 1.15 bits per heavy atom. The van der Waals surface area contributed by atoms with Crippen LogP contribution in [0.25, 0.3) is 10.9 Å². The zero-order chi connectivity index (χ0) is 19.8. The summed E-state index contributed by atoms with van der Waals surface area (Å²) in [6, 6.07) is 10.5. The second kappa shape index (κ2) is 7.53. The van der Waals surface area contributed by atoms with Crippen LogP contribution in [0, 0.1) is 13.8 Å². The van der Waals surface area contributed by atoms with E-state index in [9.17, 15) is 9.46 Å². The van der Waals surface area contributed by atoms with Gasteiger partial charge in [0.2, 0.25) is 7.37 Å². The summed E-state index contributed by atoms with van der Waals surface area (Å²) in [4.78, 5) is 12.8. The summed E-state index contributed by atoms with van der Waals surface area (Å²) in [5, 5.41) is 1.29. The summed E-state index contributed by atoms with van der Waals surface area (Å²) in [5.41, 5.74) is 7.33. The molecule has 2 aromatic carbocycles. The van der Waals surface area contributed by atoms with Crippen molar-refractivity contribution in [3.8, 4) is 5.75 Å². The van der Waals surface area contributed by atoms with E-state index >= 15 is 0 Å². The van der Waals surface area contributed by atoms with Gasteiger partial charge in [0.1, 0.15) is 5.75 Å². The van der Waals surface area contributed by atoms with Gasteiger partial charge in [-0.05, 0) is 78.3 Å². The van der Waals surface area contributed by atoms with E-state index in [0.29, 0.717) is 11.7 Å². The average molecular weight is 385 g/mol. The van der Waals surface area contributed by atoms with Crippen LogP contribution in [0.3, 0.4) is 0 Å². The molecule has 1 aromatic heterocycles. The van der Waals surface area contributed by atoms with Crippen LogP contribution in [0.2, 0.25) is 0 Å². The number of H-pyrrole nitrogens is 1. The molecule has 3 rings (SSSR count). The highest BCUT2D eigenvalue weighted by molar-refractivity contribution is 7.56. The smallest absolute Gasteiger partial charge is 0.233 e. The lowest BCUT2D eigenvalue weighted by atomic mass is 9.94. The predicted molar refractivity (Wildman–Crippen MR) is 112 cm³/mol. The Kier molecular flexibility index (Phi) is 5.50. The van der Waals surface area contributed by atoms with Crippen LogP contribution in [-0.2, 0) is 11.0 Å². The van der Waals surface area contributed by atoms with Gasteiger partial charge in [-0.2, -0.15) is 0 Å². The van der Waals surface area contributed by atoms with Gasteiger partial charge in [0.05, 0.1) is 0 Å². The van der Waals surface area contributed by atoms with E-state index in [1.807, 2.05) is 12.1 Å². The quantitative estimate of drug-likeness (QED) is 0.532. The highest BCUT2D eigenvalue weighted by Gasteiger charge is 2.13. The maximum atomic E-state index is 11.5. The maximum Gasteiger partial charge on any atom is 0.233 e. The number of hydrogen-bond donors (Lipinski definition) is 2. The van der Waals surface area contributed by atoms with Gasteiger partial charge in [0.15, 0.2) is 6.35 Å². The third-order valence-electron chi connectivity index (χ3n) is 4.92. The summed E-state index contributed by atoms with van der Waals surface area (Å²) < 4.78 is 17.0. The van der Waals surface area contributed by atoms with Gasteiger partial charge >= 0.3 is 0 Å². The molecule has 0 amide bonds. The SMILES string of the molecule is Cc1cc(OCP(C)(=O)O)cc(C)c1Cc1ccc2[nH]cc(C(C)C)c2c1. The minimum Gasteiger partial charge on any atom is -0.484 e. The number of rotatable bonds is 6. The molecule has 0 radical (unpaired) electrons. The van der Waals surface area contributed by atoms with Crippen molar-refractivity contribution in [1.82, 2.24) is 4.98 Å². The van der Waals surface area contributed by atoms with Crippen molar-refractivity contribution in [3.63, 3.8) is 0 Å². The minimum absolute atomic E-state index is 0.159. The van der Waals surface area contributed by atoms with Crippen molar-refractivity contribution in [2.75, 3.05) is 13.0 Å². The number of aryl methyl sites for hydroxylation is 2. The normalized spacial score (nSPS) is 13.9. The first-order valence-corrected chi connectivity index (χ1v) is 11.6. The Hall–Kier alpha value is -2.03. The van der Waals surface area contributed by atoms with E-state index < -0.39 is 7.37 Å². The Labute approximate surface area is 161 Å². The van der Waals surface area contributed by atoms with Gasteiger partial charge < -0.3 is 14.6 Å². The zero-order valence-corrected chi connectivity index (χ0v) is 17.6. The van der Waals surface area contributed by atoms with Crippen molar-refractivity contribution in [2.45, 2.75) is 40.0 Å². The van der Waals surface area contributed by atoms with Crippen LogP contribution in [0.4, 0.5) is 0 Å². The molecule has 0 spiro atoms. The molecule has 1 unspecified atom stereocenters. The highest BCUT2D eigenvalue weighted by Crippen LogP contribution is 2.36. The number of aromatic amines is 1. The first-order chi connectivity index (χ1) is 12.6. The van der Waals surface area contributed by atoms with Crippen LogP contribution >= 0.6 is 7.37 Å². The van der Waals surface area contributed by atoms with Gasteiger partial charge in [-0.3, -0.25) is 4.57 Å². The van der Waals surface area contributed by atoms with Gasteiger partial charge in [-0.15, -0.1) is 0 Å². The van der Waals surface area contributed by atoms with Crippen molar-refractivity contribution in [2.24, 2.45) is 0 Å². The topological polar surface area (TPSA) is 62.3 Å². The summed E-state index contributed by atoms with van der Waals surface area (Å²) in [7, 11) is -3.18. The number of ether oxygens (including phenoxy) is 1. The molecule has 27 heavy (non-hydrogen) atoms. The lowest BCUT2D eigenvalue weighted by molar-refractivity contribution is 0.352. The second-order valence-corrected chi connectivity index (χ2v) is 10.2. The standard InChI is InChI=1S/C22H28NO3P/c1-14(2)21-12-23-22-7-6-17(11-20(21)22)10-19-15(3)8-18(9-16(19)4)26-13-27(5,24)25/h6-9,11-12,14,23H,10,13H2,1-5H3,(H,24,25). The summed E-state index contributed by atoms with van der Waals surface area (Å²) in [5.74, 6) is 1.13. The lowest BCUT2D eigenvalue weighted by Crippen LogP contribution is -2.01. The van der Waals surface area contributed by atoms with Crippen LogP contribution in [0.5, 0.6) is 5.75 Å². The first kappa shape index (κ1) is 19.7. The largest absolute Gasteiger partial charge is 0.484 e. The first-order valence-electron chi connectivity index (χ1n) is 9.26. The average Bonchev–Trinajstić information content (AvgIpc) is 2.99. The van der Waals surface area contributed by atoms with Gasteiger partial charge in [-0.1, -0.05) is 19.9 Å². The molecule has 144 valence electrons. The van der Waals surface area contributed by atoms with Gasteiger partial charge in [0.25, 0.3) is 0 Å². The molecule has 0 fully saturated rings. The van der Waals surface area contributed by atoms with Crippen LogP contribution in [0.15, 0.2) is 36.5 Å². The number of hydrogen-bond acceptors (Lipinski definition) is 2. The number of fused-ring (bicyclic) bond motifs is 1. The molecule has 0 aliphatic rings. The van der Waals surface area contributed by atoms with E-state index in [-0.39, 0.29) is 6.35 Å². The summed E-state index contributed by atoms with van der Waals surface area (Å²) in [6.07, 6.45) is 2.80. The fourth-order valence-corrected chi connectivity index (χ4v) is 3.88. The van der Waals surface area contributed by atoms with E-state index in [1.54, 1.807) is 0 Å². The monoisotopic (exact) mass is 385 g/mol. The van der Waals surface area contributed by atoms with Crippen molar-refractivity contribution < 1.29 is 14.2 Å². The van der Waals surface area contributed by atoms with Gasteiger partial charge in [0, 0.05) is 23.8 Å². The molecule has 0 bridgehead atoms. The van der Waals surface area contributed by atoms with Crippen LogP contribution in [-0.4, -0.2) is 22.9 Å². The maximum absolute atomic E-state index is 11.5. The number of nitrogens with one attached hydrogen (secondary N) is 1. The zero-order valence-electron chi connectivity index (χ0n) is 16.7. The molecular formula is C22H28NO3P. The fourth-order valence-electron chi connectivity index (χ4n) is 3.49. The molecule has 1 atom stereocenters. The lowest BCUT2D eigenvalue weighted by Gasteiger charge is -2.15. The molecule has 1 heterocycles. The van der Waals surface area contributed by atoms with E-state index in [1.165, 1.54) is 34.3 Å². The summed E-state index contributed by atoms with van der Waals surface area (Å²) >= 11 is 0.